The van der Waals surface area contributed by atoms with E-state index in [4.69, 9.17) is 0 Å². The average Bonchev–Trinajstić information content (AvgIpc) is 2.54. The molecule has 3 aromatic carbocycles. The van der Waals surface area contributed by atoms with Crippen LogP contribution in [0, 0.1) is 0 Å². The molecule has 0 bridgehead atoms. The largest absolute Gasteiger partial charge is 0.103 e. The van der Waals surface area contributed by atoms with Gasteiger partial charge in [-0.05, 0) is 89.5 Å². The summed E-state index contributed by atoms with van der Waals surface area (Å²) in [6, 6.07) is 13.0. The van der Waals surface area contributed by atoms with Crippen LogP contribution < -0.4 is 0 Å². The van der Waals surface area contributed by atoms with E-state index in [-0.39, 0.29) is 0 Å². The Kier molecular flexibility index (Phi) is 4.51. The zero-order valence-corrected chi connectivity index (χ0v) is 15.4. The van der Waals surface area contributed by atoms with Crippen molar-refractivity contribution in [2.45, 2.75) is 12.8 Å². The molecule has 0 radical (unpaired) electrons. The summed E-state index contributed by atoms with van der Waals surface area (Å²) in [5.41, 5.74) is 2.61. The third kappa shape index (κ3) is 2.55. The minimum Gasteiger partial charge on any atom is -0.103 e. The molecule has 0 N–H and O–H groups in total. The van der Waals surface area contributed by atoms with Gasteiger partial charge in [0.25, 0.3) is 0 Å². The fraction of sp³-hybridized carbons (Fsp3) is 0.100. The maximum Gasteiger partial charge on any atom is 0.0399 e. The van der Waals surface area contributed by atoms with Crippen molar-refractivity contribution >= 4 is 53.4 Å². The van der Waals surface area contributed by atoms with Crippen LogP contribution in [0.1, 0.15) is 11.1 Å². The summed E-state index contributed by atoms with van der Waals surface area (Å²) in [6.45, 7) is 7.82. The van der Waals surface area contributed by atoms with Gasteiger partial charge in [0.2, 0.25) is 0 Å². The first-order valence-corrected chi connectivity index (χ1v) is 8.79. The molecule has 3 aromatic rings. The van der Waals surface area contributed by atoms with Crippen molar-refractivity contribution in [2.75, 3.05) is 0 Å². The molecule has 0 fully saturated rings. The SMILES string of the molecule is C=CCc1c(Br)c(Br)c2cc3ccccc3cc2c1CC=C. The standard InChI is InChI=1S/C20H16Br2/c1-3-7-15-16(8-4-2)19(21)20(22)18-12-14-10-6-5-9-13(14)11-17(15)18/h3-6,9-12H,1-2,7-8H2. The lowest BCUT2D eigenvalue weighted by Gasteiger charge is -2.16. The molecule has 0 aliphatic heterocycles. The van der Waals surface area contributed by atoms with E-state index in [9.17, 15) is 0 Å². The normalized spacial score (nSPS) is 11.0. The third-order valence-electron chi connectivity index (χ3n) is 3.97. The molecule has 0 atom stereocenters. The van der Waals surface area contributed by atoms with Crippen molar-refractivity contribution in [2.24, 2.45) is 0 Å². The van der Waals surface area contributed by atoms with Gasteiger partial charge in [0, 0.05) is 8.95 Å². The number of fused-ring (bicyclic) bond motifs is 2. The molecule has 110 valence electrons. The van der Waals surface area contributed by atoms with E-state index >= 15 is 0 Å². The van der Waals surface area contributed by atoms with E-state index in [1.54, 1.807) is 0 Å². The van der Waals surface area contributed by atoms with Gasteiger partial charge in [-0.2, -0.15) is 0 Å². The lowest BCUT2D eigenvalue weighted by molar-refractivity contribution is 1.16. The third-order valence-corrected chi connectivity index (χ3v) is 6.20. The van der Waals surface area contributed by atoms with Crippen LogP contribution in [0.2, 0.25) is 0 Å². The Morgan fingerprint density at radius 3 is 1.91 bits per heavy atom. The number of allylic oxidation sites excluding steroid dienone is 2. The van der Waals surface area contributed by atoms with Crippen LogP contribution in [-0.4, -0.2) is 0 Å². The summed E-state index contributed by atoms with van der Waals surface area (Å²) in [5.74, 6) is 0. The maximum absolute atomic E-state index is 3.93. The second-order valence-electron chi connectivity index (χ2n) is 5.32. The summed E-state index contributed by atoms with van der Waals surface area (Å²) in [5, 5.41) is 5.03. The van der Waals surface area contributed by atoms with E-state index < -0.39 is 0 Å². The van der Waals surface area contributed by atoms with Crippen LogP contribution in [0.3, 0.4) is 0 Å². The highest BCUT2D eigenvalue weighted by atomic mass is 79.9. The number of benzene rings is 3. The number of halogens is 2. The van der Waals surface area contributed by atoms with Gasteiger partial charge in [-0.25, -0.2) is 0 Å². The first-order chi connectivity index (χ1) is 10.7. The van der Waals surface area contributed by atoms with E-state index in [2.05, 4.69) is 81.4 Å². The quantitative estimate of drug-likeness (QED) is 0.318. The lowest BCUT2D eigenvalue weighted by atomic mass is 9.93. The molecule has 0 spiro atoms. The van der Waals surface area contributed by atoms with Crippen LogP contribution >= 0.6 is 31.9 Å². The Morgan fingerprint density at radius 2 is 1.32 bits per heavy atom. The van der Waals surface area contributed by atoms with Gasteiger partial charge in [-0.1, -0.05) is 36.4 Å². The predicted molar refractivity (Wildman–Crippen MR) is 105 cm³/mol. The molecule has 0 aliphatic rings. The Bertz CT molecular complexity index is 891. The molecule has 22 heavy (non-hydrogen) atoms. The maximum atomic E-state index is 3.93. The highest BCUT2D eigenvalue weighted by Crippen LogP contribution is 2.40. The number of hydrogen-bond donors (Lipinski definition) is 0. The number of hydrogen-bond acceptors (Lipinski definition) is 0. The molecule has 0 aliphatic carbocycles. The summed E-state index contributed by atoms with van der Waals surface area (Å²) >= 11 is 7.52. The van der Waals surface area contributed by atoms with Crippen molar-refractivity contribution in [1.82, 2.24) is 0 Å². The lowest BCUT2D eigenvalue weighted by Crippen LogP contribution is -1.97. The fourth-order valence-corrected chi connectivity index (χ4v) is 4.13. The molecule has 0 saturated heterocycles. The van der Waals surface area contributed by atoms with Crippen LogP contribution in [0.25, 0.3) is 21.5 Å². The topological polar surface area (TPSA) is 0 Å². The van der Waals surface area contributed by atoms with Gasteiger partial charge < -0.3 is 0 Å². The predicted octanol–water partition coefficient (Wildman–Crippen LogP) is 6.98. The highest BCUT2D eigenvalue weighted by molar-refractivity contribution is 9.13. The van der Waals surface area contributed by atoms with Crippen LogP contribution in [0.5, 0.6) is 0 Å². The second kappa shape index (κ2) is 6.39. The van der Waals surface area contributed by atoms with Gasteiger partial charge in [0.05, 0.1) is 0 Å². The number of rotatable bonds is 4. The van der Waals surface area contributed by atoms with Crippen LogP contribution in [0.15, 0.2) is 70.7 Å². The molecule has 0 nitrogen and oxygen atoms in total. The molecule has 0 aromatic heterocycles. The van der Waals surface area contributed by atoms with E-state index in [0.717, 1.165) is 21.8 Å². The van der Waals surface area contributed by atoms with Gasteiger partial charge in [0.1, 0.15) is 0 Å². The fourth-order valence-electron chi connectivity index (χ4n) is 2.95. The molecule has 0 amide bonds. The Hall–Kier alpha value is -1.38. The molecule has 3 rings (SSSR count). The zero-order chi connectivity index (χ0) is 15.7. The Balaban J connectivity index is 2.49. The molecule has 0 unspecified atom stereocenters. The van der Waals surface area contributed by atoms with Crippen molar-refractivity contribution < 1.29 is 0 Å². The molecular weight excluding hydrogens is 400 g/mol. The van der Waals surface area contributed by atoms with Crippen molar-refractivity contribution in [3.8, 4) is 0 Å². The van der Waals surface area contributed by atoms with E-state index in [1.165, 1.54) is 32.7 Å². The first kappa shape index (κ1) is 15.5. The van der Waals surface area contributed by atoms with Crippen molar-refractivity contribution in [1.29, 1.82) is 0 Å². The second-order valence-corrected chi connectivity index (χ2v) is 6.90. The summed E-state index contributed by atoms with van der Waals surface area (Å²) < 4.78 is 2.23. The van der Waals surface area contributed by atoms with Crippen LogP contribution in [0.4, 0.5) is 0 Å². The van der Waals surface area contributed by atoms with Crippen molar-refractivity contribution in [3.05, 3.63) is 81.8 Å². The Labute approximate surface area is 147 Å². The minimum atomic E-state index is 0.838. The summed E-state index contributed by atoms with van der Waals surface area (Å²) in [7, 11) is 0. The van der Waals surface area contributed by atoms with Crippen LogP contribution in [-0.2, 0) is 12.8 Å². The van der Waals surface area contributed by atoms with Gasteiger partial charge in [0.15, 0.2) is 0 Å². The molecule has 0 saturated carbocycles. The molecule has 0 heterocycles. The molecular formula is C20H16Br2. The van der Waals surface area contributed by atoms with E-state index in [1.807, 2.05) is 12.2 Å². The smallest absolute Gasteiger partial charge is 0.0399 e. The average molecular weight is 416 g/mol. The monoisotopic (exact) mass is 414 g/mol. The summed E-state index contributed by atoms with van der Waals surface area (Å²) in [4.78, 5) is 0. The van der Waals surface area contributed by atoms with Gasteiger partial charge >= 0.3 is 0 Å². The van der Waals surface area contributed by atoms with Gasteiger partial charge in [-0.3, -0.25) is 0 Å². The first-order valence-electron chi connectivity index (χ1n) is 7.20. The Morgan fingerprint density at radius 1 is 0.773 bits per heavy atom. The minimum absolute atomic E-state index is 0.838. The zero-order valence-electron chi connectivity index (χ0n) is 12.2. The highest BCUT2D eigenvalue weighted by Gasteiger charge is 2.15. The van der Waals surface area contributed by atoms with E-state index in [0.29, 0.717) is 0 Å². The van der Waals surface area contributed by atoms with Crippen molar-refractivity contribution in [3.63, 3.8) is 0 Å². The van der Waals surface area contributed by atoms with Gasteiger partial charge in [-0.15, -0.1) is 13.2 Å². The summed E-state index contributed by atoms with van der Waals surface area (Å²) in [6.07, 6.45) is 5.61. The molecule has 2 heteroatoms.